The Hall–Kier alpha value is -5.40. The number of carbonyl (C=O) groups excluding carboxylic acids is 5. The smallest absolute Gasteiger partial charge is 0.365 e. The predicted molar refractivity (Wildman–Crippen MR) is 173 cm³/mol. The summed E-state index contributed by atoms with van der Waals surface area (Å²) in [4.78, 5) is 71.3. The van der Waals surface area contributed by atoms with Gasteiger partial charge in [-0.25, -0.2) is 4.79 Å². The lowest BCUT2D eigenvalue weighted by Gasteiger charge is -2.20. The zero-order chi connectivity index (χ0) is 33.9. The van der Waals surface area contributed by atoms with Crippen molar-refractivity contribution < 1.29 is 38.4 Å². The van der Waals surface area contributed by atoms with Gasteiger partial charge in [-0.1, -0.05) is 72.8 Å². The molecule has 0 aliphatic carbocycles. The first kappa shape index (κ1) is 32.5. The van der Waals surface area contributed by atoms with E-state index >= 15 is 0 Å². The van der Waals surface area contributed by atoms with Crippen LogP contribution in [-0.2, 0) is 35.2 Å². The fourth-order valence-corrected chi connectivity index (χ4v) is 6.88. The second kappa shape index (κ2) is 13.8. The largest absolute Gasteiger partial charge is 0.384 e. The molecule has 0 radical (unpaired) electrons. The van der Waals surface area contributed by atoms with Crippen molar-refractivity contribution in [1.29, 1.82) is 0 Å². The van der Waals surface area contributed by atoms with Crippen LogP contribution >= 0.6 is 0 Å². The van der Waals surface area contributed by atoms with Gasteiger partial charge in [0.2, 0.25) is 23.6 Å². The van der Waals surface area contributed by atoms with Crippen LogP contribution in [0.4, 0.5) is 10.5 Å². The van der Waals surface area contributed by atoms with Crippen molar-refractivity contribution in [1.82, 2.24) is 15.1 Å². The quantitative estimate of drug-likeness (QED) is 0.121. The summed E-state index contributed by atoms with van der Waals surface area (Å²) >= 11 is 0. The van der Waals surface area contributed by atoms with E-state index in [1.54, 1.807) is 36.4 Å². The number of anilines is 1. The third-order valence-electron chi connectivity index (χ3n) is 9.09. The number of hydrogen-bond donors (Lipinski definition) is 4. The number of rotatable bonds is 10. The van der Waals surface area contributed by atoms with Gasteiger partial charge in [0.05, 0.1) is 67.7 Å². The topological polar surface area (TPSA) is 174 Å². The van der Waals surface area contributed by atoms with Gasteiger partial charge in [0.1, 0.15) is 0 Å². The molecular weight excluding hydrogens is 616 g/mol. The Morgan fingerprint density at radius 2 is 1.23 bits per heavy atom. The van der Waals surface area contributed by atoms with Crippen LogP contribution in [0.25, 0.3) is 0 Å². The lowest BCUT2D eigenvalue weighted by atomic mass is 9.87. The van der Waals surface area contributed by atoms with Crippen LogP contribution in [-0.4, -0.2) is 82.9 Å². The molecule has 8 atom stereocenters. The fourth-order valence-electron chi connectivity index (χ4n) is 6.88. The van der Waals surface area contributed by atoms with Crippen molar-refractivity contribution >= 4 is 41.3 Å². The first-order valence-corrected chi connectivity index (χ1v) is 15.7. The molecule has 8 unspecified atom stereocenters. The summed E-state index contributed by atoms with van der Waals surface area (Å²) in [6.07, 6.45) is 3.36. The maximum atomic E-state index is 13.6. The lowest BCUT2D eigenvalue weighted by Crippen LogP contribution is -2.81. The Morgan fingerprint density at radius 3 is 1.75 bits per heavy atom. The number of ether oxygens (including phenoxy) is 2. The van der Waals surface area contributed by atoms with E-state index in [9.17, 15) is 24.0 Å². The third-order valence-corrected chi connectivity index (χ3v) is 9.09. The van der Waals surface area contributed by atoms with Gasteiger partial charge in [-0.3, -0.25) is 45.0 Å². The molecule has 0 bridgehead atoms. The number of imide groups is 2. The summed E-state index contributed by atoms with van der Waals surface area (Å²) in [6.45, 7) is 7.85. The van der Waals surface area contributed by atoms with Gasteiger partial charge < -0.3 is 9.47 Å². The van der Waals surface area contributed by atoms with Crippen LogP contribution in [0, 0.1) is 23.7 Å². The van der Waals surface area contributed by atoms with Crippen molar-refractivity contribution in [3.05, 3.63) is 104 Å². The van der Waals surface area contributed by atoms with Gasteiger partial charge in [0.25, 0.3) is 0 Å². The third kappa shape index (κ3) is 6.17. The molecule has 6 rings (SSSR count). The molecule has 13 heteroatoms. The molecule has 4 fully saturated rings. The van der Waals surface area contributed by atoms with Crippen molar-refractivity contribution in [3.63, 3.8) is 0 Å². The molecule has 4 aliphatic heterocycles. The van der Waals surface area contributed by atoms with E-state index < -0.39 is 65.9 Å². The standard InChI is InChI=1S/C35H36N6O7/c1-3-22-26-28(31(43)40(30(26)42)18-17-37-34(36)39-35(46)38-21-13-9-6-10-14-21)24(47-22)15-16-25-29-27(23(4-2)48-25)32(44)41(33(29)45)19-20-11-7-5-8-12-20/h3-16,22-29H,1-2,17-19H2,(H4,36,37,38,39,46)/p+1/b16-15-. The zero-order valence-electron chi connectivity index (χ0n) is 26.1. The maximum Gasteiger partial charge on any atom is 0.384 e. The fraction of sp³-hybridized carbons (Fsp3) is 0.314. The van der Waals surface area contributed by atoms with Crippen LogP contribution < -0.4 is 21.4 Å². The van der Waals surface area contributed by atoms with Gasteiger partial charge in [-0.05, 0) is 17.7 Å². The molecule has 4 heterocycles. The van der Waals surface area contributed by atoms with Crippen LogP contribution in [0.15, 0.2) is 98.1 Å². The number of hydrogen-bond acceptors (Lipinski definition) is 7. The Morgan fingerprint density at radius 1 is 0.750 bits per heavy atom. The number of nitrogens with two attached hydrogens (primary N) is 1. The molecule has 13 nitrogen and oxygen atoms in total. The minimum atomic E-state index is -0.823. The Labute approximate surface area is 277 Å². The molecule has 0 spiro atoms. The minimum Gasteiger partial charge on any atom is -0.365 e. The van der Waals surface area contributed by atoms with E-state index in [1.807, 2.05) is 36.4 Å². The number of benzene rings is 2. The Balaban J connectivity index is 1.11. The van der Waals surface area contributed by atoms with Crippen molar-refractivity contribution in [3.8, 4) is 0 Å². The zero-order valence-corrected chi connectivity index (χ0v) is 26.1. The van der Waals surface area contributed by atoms with Crippen LogP contribution in [0.5, 0.6) is 0 Å². The van der Waals surface area contributed by atoms with Gasteiger partial charge in [-0.15, -0.1) is 13.2 Å². The van der Waals surface area contributed by atoms with Gasteiger partial charge >= 0.3 is 12.0 Å². The van der Waals surface area contributed by atoms with Crippen LogP contribution in [0.2, 0.25) is 0 Å². The normalized spacial score (nSPS) is 29.8. The number of nitrogens with one attached hydrogen (secondary N) is 3. The second-order valence-corrected chi connectivity index (χ2v) is 12.0. The molecule has 48 heavy (non-hydrogen) atoms. The number of carbonyl (C=O) groups is 5. The first-order chi connectivity index (χ1) is 23.2. The summed E-state index contributed by atoms with van der Waals surface area (Å²) in [5, 5.41) is 5.10. The minimum absolute atomic E-state index is 0.00197. The highest BCUT2D eigenvalue weighted by Crippen LogP contribution is 2.44. The number of para-hydroxylation sites is 1. The first-order valence-electron chi connectivity index (χ1n) is 15.7. The molecule has 248 valence electrons. The second-order valence-electron chi connectivity index (χ2n) is 12.0. The van der Waals surface area contributed by atoms with Crippen molar-refractivity contribution in [2.24, 2.45) is 29.4 Å². The van der Waals surface area contributed by atoms with E-state index in [1.165, 1.54) is 17.1 Å². The average molecular weight is 654 g/mol. The number of likely N-dealkylation sites (tertiary alicyclic amines) is 2. The van der Waals surface area contributed by atoms with E-state index in [2.05, 4.69) is 28.8 Å². The molecule has 0 aromatic heterocycles. The molecular formula is C35H37N6O7+. The molecule has 4 saturated heterocycles. The highest BCUT2D eigenvalue weighted by Gasteiger charge is 2.60. The number of guanidine groups is 1. The Bertz CT molecular complexity index is 1680. The average Bonchev–Trinajstić information content (AvgIpc) is 3.78. The number of urea groups is 1. The number of nitrogens with zero attached hydrogens (tertiary/aromatic N) is 2. The number of amides is 6. The van der Waals surface area contributed by atoms with E-state index in [0.29, 0.717) is 5.69 Å². The highest BCUT2D eigenvalue weighted by molar-refractivity contribution is 6.07. The van der Waals surface area contributed by atoms with Gasteiger partial charge in [-0.2, -0.15) is 5.32 Å². The summed E-state index contributed by atoms with van der Waals surface area (Å²) in [5.74, 6) is -4.61. The Kier molecular flexibility index (Phi) is 9.33. The van der Waals surface area contributed by atoms with Gasteiger partial charge in [0, 0.05) is 5.69 Å². The summed E-state index contributed by atoms with van der Waals surface area (Å²) in [5.41, 5.74) is 7.31. The molecule has 6 amide bonds. The summed E-state index contributed by atoms with van der Waals surface area (Å²) < 4.78 is 12.1. The van der Waals surface area contributed by atoms with E-state index in [-0.39, 0.29) is 37.4 Å². The van der Waals surface area contributed by atoms with Crippen LogP contribution in [0.3, 0.4) is 0 Å². The van der Waals surface area contributed by atoms with E-state index in [4.69, 9.17) is 15.2 Å². The molecule has 0 saturated carbocycles. The van der Waals surface area contributed by atoms with Crippen molar-refractivity contribution in [2.75, 3.05) is 18.4 Å². The highest BCUT2D eigenvalue weighted by atomic mass is 16.5. The number of fused-ring (bicyclic) bond motifs is 2. The monoisotopic (exact) mass is 653 g/mol. The lowest BCUT2D eigenvalue weighted by molar-refractivity contribution is -0.459. The predicted octanol–water partition coefficient (Wildman–Crippen LogP) is 0.0690. The SMILES string of the molecule is C=CC1OC(/C=C\C2OC(C=C)C3C(=O)N(Cc4ccccc4)C(=O)C23)C2C(=O)N(CC[NH+]=C(N)NC(=O)Nc3ccccc3)C(=O)C12. The molecule has 5 N–H and O–H groups in total. The maximum absolute atomic E-state index is 13.6. The van der Waals surface area contributed by atoms with E-state index in [0.717, 1.165) is 10.5 Å². The van der Waals surface area contributed by atoms with Gasteiger partial charge in [0.15, 0.2) is 0 Å². The molecule has 2 aromatic rings. The summed E-state index contributed by atoms with van der Waals surface area (Å²) in [7, 11) is 0. The molecule has 2 aromatic carbocycles. The molecule has 4 aliphatic rings. The van der Waals surface area contributed by atoms with Crippen molar-refractivity contribution in [2.45, 2.75) is 31.0 Å². The van der Waals surface area contributed by atoms with Crippen LogP contribution in [0.1, 0.15) is 5.56 Å². The summed E-state index contributed by atoms with van der Waals surface area (Å²) in [6, 6.07) is 17.5.